The van der Waals surface area contributed by atoms with Gasteiger partial charge < -0.3 is 14.0 Å². The minimum Gasteiger partial charge on any atom is -0.468 e. The third-order valence-electron chi connectivity index (χ3n) is 3.39. The highest BCUT2D eigenvalue weighted by Gasteiger charge is 2.08. The number of methoxy groups -OCH3 is 1. The van der Waals surface area contributed by atoms with E-state index in [9.17, 15) is 0 Å². The van der Waals surface area contributed by atoms with Crippen molar-refractivity contribution in [3.63, 3.8) is 0 Å². The van der Waals surface area contributed by atoms with Crippen LogP contribution in [0.2, 0.25) is 5.02 Å². The maximum atomic E-state index is 6.06. The van der Waals surface area contributed by atoms with Gasteiger partial charge in [0.2, 0.25) is 0 Å². The van der Waals surface area contributed by atoms with Crippen molar-refractivity contribution in [2.24, 2.45) is 0 Å². The Labute approximate surface area is 128 Å². The Bertz CT molecular complexity index is 762. The molecule has 0 unspecified atom stereocenters. The molecule has 0 radical (unpaired) electrons. The maximum absolute atomic E-state index is 6.06. The summed E-state index contributed by atoms with van der Waals surface area (Å²) in [6.07, 6.45) is 0. The first-order chi connectivity index (χ1) is 10.2. The summed E-state index contributed by atoms with van der Waals surface area (Å²) in [5.41, 5.74) is 3.40. The van der Waals surface area contributed by atoms with Crippen molar-refractivity contribution >= 4 is 22.5 Å². The fourth-order valence-electron chi connectivity index (χ4n) is 2.49. The molecular formula is C17H16ClNO2. The Morgan fingerprint density at radius 3 is 2.52 bits per heavy atom. The molecule has 3 rings (SSSR count). The smallest absolute Gasteiger partial charge is 0.188 e. The predicted octanol–water partition coefficient (Wildman–Crippen LogP) is 4.58. The zero-order chi connectivity index (χ0) is 14.8. The van der Waals surface area contributed by atoms with Crippen molar-refractivity contribution in [2.45, 2.75) is 6.92 Å². The monoisotopic (exact) mass is 301 g/mol. The first kappa shape index (κ1) is 14.0. The van der Waals surface area contributed by atoms with Crippen molar-refractivity contribution in [3.05, 3.63) is 59.2 Å². The van der Waals surface area contributed by atoms with E-state index < -0.39 is 0 Å². The Balaban J connectivity index is 2.01. The van der Waals surface area contributed by atoms with Crippen LogP contribution in [0.15, 0.2) is 48.5 Å². The van der Waals surface area contributed by atoms with Crippen molar-refractivity contribution in [1.82, 2.24) is 4.57 Å². The predicted molar refractivity (Wildman–Crippen MR) is 85.5 cm³/mol. The molecule has 3 nitrogen and oxygen atoms in total. The van der Waals surface area contributed by atoms with E-state index in [2.05, 4.69) is 17.6 Å². The van der Waals surface area contributed by atoms with Crippen molar-refractivity contribution in [3.8, 4) is 11.4 Å². The molecular weight excluding hydrogens is 286 g/mol. The van der Waals surface area contributed by atoms with E-state index >= 15 is 0 Å². The van der Waals surface area contributed by atoms with Crippen LogP contribution in [0.4, 0.5) is 0 Å². The summed E-state index contributed by atoms with van der Waals surface area (Å²) in [6.45, 7) is 2.34. The van der Waals surface area contributed by atoms with Crippen LogP contribution >= 0.6 is 11.6 Å². The zero-order valence-corrected chi connectivity index (χ0v) is 12.7. The Morgan fingerprint density at radius 2 is 1.81 bits per heavy atom. The average molecular weight is 302 g/mol. The number of benzene rings is 2. The standard InChI is InChI=1S/C17H16ClNO2/c1-12-9-13-10-14(18)3-8-17(13)19(12)15-4-6-16(7-5-15)21-11-20-2/h3-10H,11H2,1-2H3. The molecule has 0 atom stereocenters. The van der Waals surface area contributed by atoms with Gasteiger partial charge >= 0.3 is 0 Å². The molecule has 108 valence electrons. The quantitative estimate of drug-likeness (QED) is 0.659. The lowest BCUT2D eigenvalue weighted by Gasteiger charge is -2.10. The lowest BCUT2D eigenvalue weighted by atomic mass is 10.2. The van der Waals surface area contributed by atoms with Gasteiger partial charge in [-0.2, -0.15) is 0 Å². The summed E-state index contributed by atoms with van der Waals surface area (Å²) in [5.74, 6) is 0.790. The molecule has 0 aliphatic rings. The second-order valence-electron chi connectivity index (χ2n) is 4.87. The molecule has 21 heavy (non-hydrogen) atoms. The molecule has 0 saturated heterocycles. The van der Waals surface area contributed by atoms with E-state index in [1.54, 1.807) is 7.11 Å². The molecule has 0 aliphatic heterocycles. The summed E-state index contributed by atoms with van der Waals surface area (Å²) in [5, 5.41) is 1.89. The molecule has 0 fully saturated rings. The number of aryl methyl sites for hydroxylation is 1. The number of ether oxygens (including phenoxy) is 2. The van der Waals surface area contributed by atoms with Gasteiger partial charge in [-0.05, 0) is 55.5 Å². The topological polar surface area (TPSA) is 23.4 Å². The van der Waals surface area contributed by atoms with E-state index in [1.807, 2.05) is 42.5 Å². The highest BCUT2D eigenvalue weighted by molar-refractivity contribution is 6.31. The lowest BCUT2D eigenvalue weighted by Crippen LogP contribution is -2.00. The minimum atomic E-state index is 0.253. The van der Waals surface area contributed by atoms with E-state index in [-0.39, 0.29) is 6.79 Å². The van der Waals surface area contributed by atoms with Crippen LogP contribution in [0.5, 0.6) is 5.75 Å². The second-order valence-corrected chi connectivity index (χ2v) is 5.31. The largest absolute Gasteiger partial charge is 0.468 e. The van der Waals surface area contributed by atoms with Crippen LogP contribution in [-0.4, -0.2) is 18.5 Å². The molecule has 3 aromatic rings. The van der Waals surface area contributed by atoms with E-state index in [0.717, 1.165) is 33.1 Å². The van der Waals surface area contributed by atoms with Crippen LogP contribution in [-0.2, 0) is 4.74 Å². The van der Waals surface area contributed by atoms with Gasteiger partial charge in [0.25, 0.3) is 0 Å². The van der Waals surface area contributed by atoms with Crippen molar-refractivity contribution < 1.29 is 9.47 Å². The van der Waals surface area contributed by atoms with Gasteiger partial charge in [0.15, 0.2) is 6.79 Å². The molecule has 1 heterocycles. The van der Waals surface area contributed by atoms with Gasteiger partial charge in [0, 0.05) is 28.9 Å². The van der Waals surface area contributed by atoms with Gasteiger partial charge in [0.1, 0.15) is 5.75 Å². The molecule has 0 aliphatic carbocycles. The van der Waals surface area contributed by atoms with E-state index in [0.29, 0.717) is 0 Å². The van der Waals surface area contributed by atoms with Gasteiger partial charge in [-0.15, -0.1) is 0 Å². The summed E-state index contributed by atoms with van der Waals surface area (Å²) in [6, 6.07) is 16.0. The second kappa shape index (κ2) is 5.80. The highest BCUT2D eigenvalue weighted by atomic mass is 35.5. The number of hydrogen-bond donors (Lipinski definition) is 0. The van der Waals surface area contributed by atoms with Crippen LogP contribution in [0.1, 0.15) is 5.69 Å². The highest BCUT2D eigenvalue weighted by Crippen LogP contribution is 2.27. The summed E-state index contributed by atoms with van der Waals surface area (Å²) >= 11 is 6.06. The summed E-state index contributed by atoms with van der Waals surface area (Å²) in [7, 11) is 1.61. The fourth-order valence-corrected chi connectivity index (χ4v) is 2.67. The van der Waals surface area contributed by atoms with Crippen molar-refractivity contribution in [2.75, 3.05) is 13.9 Å². The van der Waals surface area contributed by atoms with Crippen LogP contribution < -0.4 is 4.74 Å². The normalized spacial score (nSPS) is 11.0. The van der Waals surface area contributed by atoms with E-state index in [4.69, 9.17) is 21.1 Å². The van der Waals surface area contributed by atoms with Crippen LogP contribution in [0.25, 0.3) is 16.6 Å². The van der Waals surface area contributed by atoms with Crippen molar-refractivity contribution in [1.29, 1.82) is 0 Å². The molecule has 2 aromatic carbocycles. The SMILES string of the molecule is COCOc1ccc(-n2c(C)cc3cc(Cl)ccc32)cc1. The average Bonchev–Trinajstić information content (AvgIpc) is 2.80. The van der Waals surface area contributed by atoms with Gasteiger partial charge in [-0.25, -0.2) is 0 Å². The molecule has 0 saturated carbocycles. The number of rotatable bonds is 4. The number of hydrogen-bond acceptors (Lipinski definition) is 2. The molecule has 0 bridgehead atoms. The number of aromatic nitrogens is 1. The third-order valence-corrected chi connectivity index (χ3v) is 3.62. The molecule has 1 aromatic heterocycles. The van der Waals surface area contributed by atoms with Crippen LogP contribution in [0.3, 0.4) is 0 Å². The first-order valence-electron chi connectivity index (χ1n) is 6.69. The van der Waals surface area contributed by atoms with Crippen LogP contribution in [0, 0.1) is 6.92 Å². The molecule has 0 N–H and O–H groups in total. The number of nitrogens with zero attached hydrogens (tertiary/aromatic N) is 1. The molecule has 0 spiro atoms. The summed E-state index contributed by atoms with van der Waals surface area (Å²) in [4.78, 5) is 0. The fraction of sp³-hybridized carbons (Fsp3) is 0.176. The zero-order valence-electron chi connectivity index (χ0n) is 12.0. The lowest BCUT2D eigenvalue weighted by molar-refractivity contribution is 0.0511. The van der Waals surface area contributed by atoms with Gasteiger partial charge in [-0.1, -0.05) is 11.6 Å². The van der Waals surface area contributed by atoms with Gasteiger partial charge in [-0.3, -0.25) is 0 Å². The Morgan fingerprint density at radius 1 is 1.05 bits per heavy atom. The first-order valence-corrected chi connectivity index (χ1v) is 7.06. The summed E-state index contributed by atoms with van der Waals surface area (Å²) < 4.78 is 12.5. The third kappa shape index (κ3) is 2.75. The molecule has 4 heteroatoms. The Hall–Kier alpha value is -1.97. The Kier molecular flexibility index (Phi) is 3.86. The minimum absolute atomic E-state index is 0.253. The maximum Gasteiger partial charge on any atom is 0.188 e. The van der Waals surface area contributed by atoms with Gasteiger partial charge in [0.05, 0.1) is 5.52 Å². The van der Waals surface area contributed by atoms with E-state index in [1.165, 1.54) is 0 Å². The number of fused-ring (bicyclic) bond motifs is 1. The number of halogens is 1. The molecule has 0 amide bonds.